The Morgan fingerprint density at radius 1 is 1.25 bits per heavy atom. The van der Waals surface area contributed by atoms with Gasteiger partial charge in [-0.15, -0.1) is 0 Å². The average molecular weight is 237 g/mol. The normalized spacial score (nSPS) is 14.7. The number of hydrogen-bond donors (Lipinski definition) is 2. The molecular weight excluding hydrogens is 214 g/mol. The Morgan fingerprint density at radius 2 is 1.94 bits per heavy atom. The van der Waals surface area contributed by atoms with Crippen LogP contribution in [0.15, 0.2) is 30.3 Å². The average Bonchev–Trinajstić information content (AvgIpc) is 2.34. The summed E-state index contributed by atoms with van der Waals surface area (Å²) in [7, 11) is 2.03. The van der Waals surface area contributed by atoms with E-state index in [1.807, 2.05) is 7.05 Å². The van der Waals surface area contributed by atoms with Crippen LogP contribution in [0.3, 0.4) is 0 Å². The minimum Gasteiger partial charge on any atom is -0.313 e. The van der Waals surface area contributed by atoms with Crippen molar-refractivity contribution in [3.8, 4) is 0 Å². The first-order chi connectivity index (χ1) is 7.77. The highest BCUT2D eigenvalue weighted by atomic mass is 32.1. The third kappa shape index (κ3) is 4.58. The van der Waals surface area contributed by atoms with E-state index in [0.717, 1.165) is 6.42 Å². The largest absolute Gasteiger partial charge is 0.313 e. The molecule has 1 nitrogen and oxygen atoms in total. The first kappa shape index (κ1) is 13.6. The van der Waals surface area contributed by atoms with E-state index in [0.29, 0.717) is 11.3 Å². The van der Waals surface area contributed by atoms with E-state index in [9.17, 15) is 0 Å². The van der Waals surface area contributed by atoms with E-state index in [2.05, 4.69) is 55.2 Å². The second kappa shape index (κ2) is 7.75. The summed E-state index contributed by atoms with van der Waals surface area (Å²) >= 11 is 4.67. The highest BCUT2D eigenvalue weighted by molar-refractivity contribution is 7.80. The maximum atomic E-state index is 4.67. The zero-order valence-electron chi connectivity index (χ0n) is 10.3. The Hall–Kier alpha value is -0.470. The maximum absolute atomic E-state index is 4.67. The van der Waals surface area contributed by atoms with Crippen LogP contribution in [0.25, 0.3) is 0 Å². The number of thiol groups is 1. The molecule has 0 saturated carbocycles. The van der Waals surface area contributed by atoms with Crippen LogP contribution in [-0.4, -0.2) is 12.3 Å². The van der Waals surface area contributed by atoms with Crippen LogP contribution < -0.4 is 5.32 Å². The molecule has 0 radical (unpaired) electrons. The molecule has 16 heavy (non-hydrogen) atoms. The summed E-state index contributed by atoms with van der Waals surface area (Å²) < 4.78 is 0. The van der Waals surface area contributed by atoms with Crippen molar-refractivity contribution < 1.29 is 0 Å². The van der Waals surface area contributed by atoms with Gasteiger partial charge in [-0.05, 0) is 25.5 Å². The van der Waals surface area contributed by atoms with Crippen LogP contribution in [0, 0.1) is 0 Å². The van der Waals surface area contributed by atoms with E-state index < -0.39 is 0 Å². The van der Waals surface area contributed by atoms with E-state index >= 15 is 0 Å². The summed E-state index contributed by atoms with van der Waals surface area (Å²) in [6.45, 7) is 2.23. The number of rotatable bonds is 7. The third-order valence-electron chi connectivity index (χ3n) is 2.95. The molecule has 0 spiro atoms. The highest BCUT2D eigenvalue weighted by Gasteiger charge is 2.13. The lowest BCUT2D eigenvalue weighted by molar-refractivity contribution is 0.516. The molecule has 1 N–H and O–H groups in total. The van der Waals surface area contributed by atoms with E-state index in [4.69, 9.17) is 0 Å². The molecule has 0 amide bonds. The predicted molar refractivity (Wildman–Crippen MR) is 75.2 cm³/mol. The quantitative estimate of drug-likeness (QED) is 0.687. The number of benzene rings is 1. The molecule has 0 unspecified atom stereocenters. The van der Waals surface area contributed by atoms with Gasteiger partial charge in [-0.1, -0.05) is 50.1 Å². The molecule has 1 aromatic rings. The van der Waals surface area contributed by atoms with Crippen molar-refractivity contribution in [1.82, 2.24) is 5.32 Å². The summed E-state index contributed by atoms with van der Waals surface area (Å²) in [6, 6.07) is 11.0. The molecule has 1 rings (SSSR count). The van der Waals surface area contributed by atoms with Gasteiger partial charge >= 0.3 is 0 Å². The summed E-state index contributed by atoms with van der Waals surface area (Å²) in [5.41, 5.74) is 1.36. The molecule has 0 aliphatic carbocycles. The van der Waals surface area contributed by atoms with Crippen LogP contribution in [0.5, 0.6) is 0 Å². The van der Waals surface area contributed by atoms with Gasteiger partial charge in [0.15, 0.2) is 0 Å². The molecule has 0 aliphatic heterocycles. The van der Waals surface area contributed by atoms with Crippen molar-refractivity contribution in [1.29, 1.82) is 0 Å². The molecule has 0 aliphatic rings. The monoisotopic (exact) mass is 237 g/mol. The second-order valence-corrected chi connectivity index (χ2v) is 5.01. The van der Waals surface area contributed by atoms with Gasteiger partial charge < -0.3 is 5.32 Å². The number of nitrogens with one attached hydrogen (secondary N) is 1. The van der Waals surface area contributed by atoms with Crippen LogP contribution in [0.2, 0.25) is 0 Å². The van der Waals surface area contributed by atoms with Gasteiger partial charge in [0.05, 0.1) is 0 Å². The minimum atomic E-state index is 0.431. The molecule has 1 aromatic carbocycles. The van der Waals surface area contributed by atoms with Crippen LogP contribution in [0.1, 0.15) is 44.2 Å². The van der Waals surface area contributed by atoms with Gasteiger partial charge in [-0.3, -0.25) is 0 Å². The Labute approximate surface area is 105 Å². The van der Waals surface area contributed by atoms with Gasteiger partial charge in [0, 0.05) is 11.3 Å². The lowest BCUT2D eigenvalue weighted by Crippen LogP contribution is -2.20. The fraction of sp³-hybridized carbons (Fsp3) is 0.571. The van der Waals surface area contributed by atoms with Crippen LogP contribution in [-0.2, 0) is 0 Å². The molecule has 2 heteroatoms. The summed E-state index contributed by atoms with van der Waals surface area (Å²) in [5, 5.41) is 3.87. The SMILES string of the molecule is CCCC[C@H](S)C[C@H](NC)c1ccccc1. The van der Waals surface area contributed by atoms with Crippen molar-refractivity contribution in [2.45, 2.75) is 43.9 Å². The van der Waals surface area contributed by atoms with Gasteiger partial charge in [0.25, 0.3) is 0 Å². The zero-order valence-corrected chi connectivity index (χ0v) is 11.2. The van der Waals surface area contributed by atoms with E-state index in [1.165, 1.54) is 24.8 Å². The Bertz CT molecular complexity index is 273. The van der Waals surface area contributed by atoms with Crippen molar-refractivity contribution in [2.75, 3.05) is 7.05 Å². The maximum Gasteiger partial charge on any atom is 0.0327 e. The Kier molecular flexibility index (Phi) is 6.58. The molecular formula is C14H23NS. The first-order valence-corrected chi connectivity index (χ1v) is 6.69. The Morgan fingerprint density at radius 3 is 2.50 bits per heavy atom. The molecule has 0 bridgehead atoms. The van der Waals surface area contributed by atoms with Crippen molar-refractivity contribution in [2.24, 2.45) is 0 Å². The van der Waals surface area contributed by atoms with Crippen molar-refractivity contribution in [3.63, 3.8) is 0 Å². The second-order valence-electron chi connectivity index (χ2n) is 4.28. The fourth-order valence-electron chi connectivity index (χ4n) is 1.94. The first-order valence-electron chi connectivity index (χ1n) is 6.18. The standard InChI is InChI=1S/C14H23NS/c1-3-4-10-13(16)11-14(15-2)12-8-6-5-7-9-12/h5-9,13-16H,3-4,10-11H2,1-2H3/t13-,14-/m0/s1. The number of hydrogen-bond acceptors (Lipinski definition) is 2. The fourth-order valence-corrected chi connectivity index (χ4v) is 2.33. The van der Waals surface area contributed by atoms with Gasteiger partial charge in [0.2, 0.25) is 0 Å². The van der Waals surface area contributed by atoms with Crippen LogP contribution in [0.4, 0.5) is 0 Å². The lowest BCUT2D eigenvalue weighted by Gasteiger charge is -2.20. The molecule has 0 aromatic heterocycles. The van der Waals surface area contributed by atoms with Crippen LogP contribution >= 0.6 is 12.6 Å². The molecule has 2 atom stereocenters. The van der Waals surface area contributed by atoms with Crippen molar-refractivity contribution in [3.05, 3.63) is 35.9 Å². The zero-order chi connectivity index (χ0) is 11.8. The highest BCUT2D eigenvalue weighted by Crippen LogP contribution is 2.22. The summed E-state index contributed by atoms with van der Waals surface area (Å²) in [4.78, 5) is 0. The third-order valence-corrected chi connectivity index (χ3v) is 3.42. The molecule has 0 heterocycles. The topological polar surface area (TPSA) is 12.0 Å². The van der Waals surface area contributed by atoms with Gasteiger partial charge in [-0.2, -0.15) is 12.6 Å². The molecule has 90 valence electrons. The molecule has 0 saturated heterocycles. The number of unbranched alkanes of at least 4 members (excludes halogenated alkanes) is 1. The van der Waals surface area contributed by atoms with E-state index in [1.54, 1.807) is 0 Å². The minimum absolute atomic E-state index is 0.431. The lowest BCUT2D eigenvalue weighted by atomic mass is 10.00. The predicted octanol–water partition coefficient (Wildman–Crippen LogP) is 3.83. The summed E-state index contributed by atoms with van der Waals surface area (Å²) in [5.74, 6) is 0. The molecule has 0 fully saturated rings. The summed E-state index contributed by atoms with van der Waals surface area (Å²) in [6.07, 6.45) is 4.85. The van der Waals surface area contributed by atoms with E-state index in [-0.39, 0.29) is 0 Å². The van der Waals surface area contributed by atoms with Gasteiger partial charge in [0.1, 0.15) is 0 Å². The Balaban J connectivity index is 2.49. The van der Waals surface area contributed by atoms with Gasteiger partial charge in [-0.25, -0.2) is 0 Å². The smallest absolute Gasteiger partial charge is 0.0327 e. The van der Waals surface area contributed by atoms with Crippen molar-refractivity contribution >= 4 is 12.6 Å².